The number of rotatable bonds is 2. The standard InChI is InChI=1S/C9H18FN/c1-3-8(2)11-6-4-5-9(10)7-11/h8-9H,3-7H2,1-2H3/t8?,9-/m0/s1. The molecule has 11 heavy (non-hydrogen) atoms. The van der Waals surface area contributed by atoms with E-state index in [1.807, 2.05) is 0 Å². The van der Waals surface area contributed by atoms with Crippen molar-refractivity contribution >= 4 is 0 Å². The minimum atomic E-state index is -0.572. The van der Waals surface area contributed by atoms with E-state index in [0.29, 0.717) is 12.6 Å². The van der Waals surface area contributed by atoms with Crippen LogP contribution in [-0.4, -0.2) is 30.2 Å². The molecule has 0 amide bonds. The van der Waals surface area contributed by atoms with Crippen LogP contribution in [0.25, 0.3) is 0 Å². The van der Waals surface area contributed by atoms with E-state index in [9.17, 15) is 4.39 Å². The Bertz CT molecular complexity index is 116. The van der Waals surface area contributed by atoms with Crippen LogP contribution in [0.4, 0.5) is 4.39 Å². The molecule has 66 valence electrons. The zero-order valence-corrected chi connectivity index (χ0v) is 7.52. The first kappa shape index (κ1) is 8.98. The quantitative estimate of drug-likeness (QED) is 0.597. The molecule has 0 bridgehead atoms. The topological polar surface area (TPSA) is 3.24 Å². The first-order valence-electron chi connectivity index (χ1n) is 4.62. The van der Waals surface area contributed by atoms with Crippen LogP contribution in [0.15, 0.2) is 0 Å². The summed E-state index contributed by atoms with van der Waals surface area (Å²) in [5, 5.41) is 0. The number of piperidine rings is 1. The van der Waals surface area contributed by atoms with Gasteiger partial charge in [-0.2, -0.15) is 0 Å². The van der Waals surface area contributed by atoms with Gasteiger partial charge < -0.3 is 0 Å². The average molecular weight is 159 g/mol. The van der Waals surface area contributed by atoms with Gasteiger partial charge in [-0.15, -0.1) is 0 Å². The second-order valence-electron chi connectivity index (χ2n) is 3.49. The van der Waals surface area contributed by atoms with Gasteiger partial charge in [0.05, 0.1) is 0 Å². The van der Waals surface area contributed by atoms with E-state index in [2.05, 4.69) is 18.7 Å². The Balaban J connectivity index is 2.33. The number of nitrogens with zero attached hydrogens (tertiary/aromatic N) is 1. The Hall–Kier alpha value is -0.110. The third-order valence-corrected chi connectivity index (χ3v) is 2.61. The fourth-order valence-electron chi connectivity index (χ4n) is 1.61. The summed E-state index contributed by atoms with van der Waals surface area (Å²) in [5.41, 5.74) is 0. The van der Waals surface area contributed by atoms with Crippen LogP contribution in [0.5, 0.6) is 0 Å². The molecule has 0 N–H and O–H groups in total. The van der Waals surface area contributed by atoms with E-state index in [1.54, 1.807) is 0 Å². The summed E-state index contributed by atoms with van der Waals surface area (Å²) in [6.07, 6.45) is 2.36. The van der Waals surface area contributed by atoms with Gasteiger partial charge in [-0.1, -0.05) is 6.92 Å². The minimum absolute atomic E-state index is 0.563. The fraction of sp³-hybridized carbons (Fsp3) is 1.00. The van der Waals surface area contributed by atoms with Gasteiger partial charge in [0.2, 0.25) is 0 Å². The first-order valence-corrected chi connectivity index (χ1v) is 4.62. The highest BCUT2D eigenvalue weighted by molar-refractivity contribution is 4.75. The molecular weight excluding hydrogens is 141 g/mol. The predicted octanol–water partition coefficient (Wildman–Crippen LogP) is 2.22. The fourth-order valence-corrected chi connectivity index (χ4v) is 1.61. The highest BCUT2D eigenvalue weighted by atomic mass is 19.1. The molecule has 0 spiro atoms. The summed E-state index contributed by atoms with van der Waals surface area (Å²) < 4.78 is 12.9. The van der Waals surface area contributed by atoms with Crippen LogP contribution in [0, 0.1) is 0 Å². The smallest absolute Gasteiger partial charge is 0.113 e. The minimum Gasteiger partial charge on any atom is -0.298 e. The second kappa shape index (κ2) is 4.05. The van der Waals surface area contributed by atoms with Gasteiger partial charge in [-0.3, -0.25) is 4.90 Å². The third-order valence-electron chi connectivity index (χ3n) is 2.61. The average Bonchev–Trinajstić information content (AvgIpc) is 2.03. The van der Waals surface area contributed by atoms with Crippen LogP contribution in [0.3, 0.4) is 0 Å². The molecule has 1 rings (SSSR count). The molecule has 1 saturated heterocycles. The van der Waals surface area contributed by atoms with Crippen molar-refractivity contribution in [2.24, 2.45) is 0 Å². The highest BCUT2D eigenvalue weighted by Gasteiger charge is 2.21. The molecule has 1 unspecified atom stereocenters. The summed E-state index contributed by atoms with van der Waals surface area (Å²) in [6, 6.07) is 0.563. The Morgan fingerprint density at radius 3 is 2.91 bits per heavy atom. The molecule has 0 aliphatic carbocycles. The Kier molecular flexibility index (Phi) is 3.31. The lowest BCUT2D eigenvalue weighted by Crippen LogP contribution is -2.41. The van der Waals surface area contributed by atoms with Crippen molar-refractivity contribution in [3.63, 3.8) is 0 Å². The van der Waals surface area contributed by atoms with Crippen molar-refractivity contribution in [3.8, 4) is 0 Å². The lowest BCUT2D eigenvalue weighted by atomic mass is 10.1. The van der Waals surface area contributed by atoms with Crippen molar-refractivity contribution in [2.75, 3.05) is 13.1 Å². The largest absolute Gasteiger partial charge is 0.298 e. The highest BCUT2D eigenvalue weighted by Crippen LogP contribution is 2.16. The number of hydrogen-bond donors (Lipinski definition) is 0. The molecule has 1 heterocycles. The van der Waals surface area contributed by atoms with Gasteiger partial charge in [-0.25, -0.2) is 4.39 Å². The van der Waals surface area contributed by atoms with E-state index in [1.165, 1.54) is 0 Å². The van der Waals surface area contributed by atoms with E-state index in [-0.39, 0.29) is 0 Å². The number of hydrogen-bond acceptors (Lipinski definition) is 1. The molecule has 0 radical (unpaired) electrons. The van der Waals surface area contributed by atoms with Gasteiger partial charge >= 0.3 is 0 Å². The maximum Gasteiger partial charge on any atom is 0.113 e. The van der Waals surface area contributed by atoms with Gasteiger partial charge in [0.1, 0.15) is 6.17 Å². The van der Waals surface area contributed by atoms with Crippen molar-refractivity contribution in [1.82, 2.24) is 4.90 Å². The Labute approximate surface area is 68.6 Å². The molecule has 1 fully saturated rings. The Morgan fingerprint density at radius 2 is 2.36 bits per heavy atom. The molecular formula is C9H18FN. The monoisotopic (exact) mass is 159 g/mol. The van der Waals surface area contributed by atoms with Gasteiger partial charge in [0.25, 0.3) is 0 Å². The SMILES string of the molecule is CCC(C)N1CCC[C@H](F)C1. The summed E-state index contributed by atoms with van der Waals surface area (Å²) in [6.45, 7) is 6.09. The molecule has 2 heteroatoms. The summed E-state index contributed by atoms with van der Waals surface area (Å²) >= 11 is 0. The maximum atomic E-state index is 12.9. The van der Waals surface area contributed by atoms with Gasteiger partial charge in [-0.05, 0) is 32.7 Å². The molecule has 1 aliphatic heterocycles. The molecule has 0 saturated carbocycles. The summed E-state index contributed by atoms with van der Waals surface area (Å²) in [5.74, 6) is 0. The molecule has 0 aromatic heterocycles. The van der Waals surface area contributed by atoms with Crippen LogP contribution < -0.4 is 0 Å². The van der Waals surface area contributed by atoms with E-state index in [4.69, 9.17) is 0 Å². The van der Waals surface area contributed by atoms with E-state index < -0.39 is 6.17 Å². The van der Waals surface area contributed by atoms with Crippen molar-refractivity contribution in [1.29, 1.82) is 0 Å². The lowest BCUT2D eigenvalue weighted by molar-refractivity contribution is 0.104. The third kappa shape index (κ3) is 2.44. The van der Waals surface area contributed by atoms with E-state index >= 15 is 0 Å². The van der Waals surface area contributed by atoms with Crippen molar-refractivity contribution in [3.05, 3.63) is 0 Å². The number of likely N-dealkylation sites (tertiary alicyclic amines) is 1. The number of halogens is 1. The zero-order valence-electron chi connectivity index (χ0n) is 7.52. The number of alkyl halides is 1. The van der Waals surface area contributed by atoms with Crippen LogP contribution in [0.2, 0.25) is 0 Å². The molecule has 1 aliphatic rings. The van der Waals surface area contributed by atoms with Crippen molar-refractivity contribution < 1.29 is 4.39 Å². The van der Waals surface area contributed by atoms with Crippen molar-refractivity contribution in [2.45, 2.75) is 45.3 Å². The maximum absolute atomic E-state index is 12.9. The second-order valence-corrected chi connectivity index (χ2v) is 3.49. The van der Waals surface area contributed by atoms with E-state index in [0.717, 1.165) is 25.8 Å². The zero-order chi connectivity index (χ0) is 8.27. The van der Waals surface area contributed by atoms with Gasteiger partial charge in [0, 0.05) is 12.6 Å². The molecule has 1 nitrogen and oxygen atoms in total. The van der Waals surface area contributed by atoms with Gasteiger partial charge in [0.15, 0.2) is 0 Å². The summed E-state index contributed by atoms with van der Waals surface area (Å²) in [4.78, 5) is 2.26. The summed E-state index contributed by atoms with van der Waals surface area (Å²) in [7, 11) is 0. The first-order chi connectivity index (χ1) is 5.24. The predicted molar refractivity (Wildman–Crippen MR) is 45.5 cm³/mol. The van der Waals surface area contributed by atoms with Crippen LogP contribution in [0.1, 0.15) is 33.1 Å². The molecule has 0 aromatic carbocycles. The normalized spacial score (nSPS) is 30.3. The molecule has 0 aromatic rings. The Morgan fingerprint density at radius 1 is 1.64 bits per heavy atom. The van der Waals surface area contributed by atoms with Crippen LogP contribution in [-0.2, 0) is 0 Å². The molecule has 2 atom stereocenters. The lowest BCUT2D eigenvalue weighted by Gasteiger charge is -2.33. The van der Waals surface area contributed by atoms with Crippen LogP contribution >= 0.6 is 0 Å².